The number of hydrogen-bond acceptors (Lipinski definition) is 7. The SMILES string of the molecule is COC(=O)c1ccc(-c2csc(NC(=O)c3cccc(S(C)(=O)=O)c3)n2)cc1. The number of carbonyl (C=O) groups excluding carboxylic acids is 2. The number of nitrogens with one attached hydrogen (secondary N) is 1. The van der Waals surface area contributed by atoms with Gasteiger partial charge in [-0.1, -0.05) is 18.2 Å². The van der Waals surface area contributed by atoms with Crippen molar-refractivity contribution in [3.05, 3.63) is 65.0 Å². The molecule has 0 unspecified atom stereocenters. The summed E-state index contributed by atoms with van der Waals surface area (Å²) in [6.07, 6.45) is 1.09. The van der Waals surface area contributed by atoms with Gasteiger partial charge in [0.2, 0.25) is 0 Å². The first-order valence-electron chi connectivity index (χ1n) is 8.03. The van der Waals surface area contributed by atoms with E-state index < -0.39 is 21.7 Å². The molecule has 3 rings (SSSR count). The van der Waals surface area contributed by atoms with Gasteiger partial charge in [0, 0.05) is 22.8 Å². The van der Waals surface area contributed by atoms with Crippen molar-refractivity contribution in [2.24, 2.45) is 0 Å². The predicted molar refractivity (Wildman–Crippen MR) is 106 cm³/mol. The molecule has 0 radical (unpaired) electrons. The van der Waals surface area contributed by atoms with Gasteiger partial charge in [0.15, 0.2) is 15.0 Å². The van der Waals surface area contributed by atoms with Gasteiger partial charge in [0.1, 0.15) is 0 Å². The second-order valence-corrected chi connectivity index (χ2v) is 8.73. The van der Waals surface area contributed by atoms with Crippen LogP contribution in [0.2, 0.25) is 0 Å². The molecule has 0 saturated carbocycles. The number of rotatable bonds is 5. The smallest absolute Gasteiger partial charge is 0.337 e. The van der Waals surface area contributed by atoms with Gasteiger partial charge in [-0.25, -0.2) is 18.2 Å². The lowest BCUT2D eigenvalue weighted by molar-refractivity contribution is 0.0600. The van der Waals surface area contributed by atoms with Crippen LogP contribution < -0.4 is 5.32 Å². The van der Waals surface area contributed by atoms with Crippen molar-refractivity contribution >= 4 is 38.2 Å². The molecule has 1 N–H and O–H groups in total. The lowest BCUT2D eigenvalue weighted by Crippen LogP contribution is -2.12. The summed E-state index contributed by atoms with van der Waals surface area (Å²) in [5.41, 5.74) is 2.08. The van der Waals surface area contributed by atoms with Gasteiger partial charge in [-0.2, -0.15) is 0 Å². The topological polar surface area (TPSA) is 102 Å². The minimum absolute atomic E-state index is 0.0747. The van der Waals surface area contributed by atoms with E-state index in [1.807, 2.05) is 0 Å². The third kappa shape index (κ3) is 4.44. The molecule has 1 aromatic heterocycles. The zero-order valence-electron chi connectivity index (χ0n) is 15.0. The summed E-state index contributed by atoms with van der Waals surface area (Å²) in [4.78, 5) is 28.3. The molecule has 0 aliphatic carbocycles. The first-order chi connectivity index (χ1) is 13.3. The first kappa shape index (κ1) is 19.7. The number of amides is 1. The van der Waals surface area contributed by atoms with Crippen molar-refractivity contribution in [3.63, 3.8) is 0 Å². The number of carbonyl (C=O) groups is 2. The van der Waals surface area contributed by atoms with E-state index in [2.05, 4.69) is 15.0 Å². The number of thiazole rings is 1. The van der Waals surface area contributed by atoms with Crippen LogP contribution in [0.1, 0.15) is 20.7 Å². The van der Waals surface area contributed by atoms with Gasteiger partial charge in [-0.3, -0.25) is 10.1 Å². The van der Waals surface area contributed by atoms with E-state index in [0.717, 1.165) is 11.8 Å². The summed E-state index contributed by atoms with van der Waals surface area (Å²) < 4.78 is 27.9. The molecule has 9 heteroatoms. The number of ether oxygens (including phenoxy) is 1. The minimum Gasteiger partial charge on any atom is -0.465 e. The molecule has 1 amide bonds. The van der Waals surface area contributed by atoms with Crippen molar-refractivity contribution in [1.29, 1.82) is 0 Å². The summed E-state index contributed by atoms with van der Waals surface area (Å²) in [6.45, 7) is 0. The zero-order chi connectivity index (χ0) is 20.3. The number of nitrogens with zero attached hydrogens (tertiary/aromatic N) is 1. The summed E-state index contributed by atoms with van der Waals surface area (Å²) in [6, 6.07) is 12.6. The normalized spacial score (nSPS) is 11.1. The molecule has 7 nitrogen and oxygen atoms in total. The molecule has 0 fully saturated rings. The van der Waals surface area contributed by atoms with Gasteiger partial charge in [-0.15, -0.1) is 11.3 Å². The van der Waals surface area contributed by atoms with E-state index in [-0.39, 0.29) is 10.5 Å². The Hall–Kier alpha value is -3.04. The van der Waals surface area contributed by atoms with Crippen LogP contribution in [-0.2, 0) is 14.6 Å². The Bertz CT molecular complexity index is 1140. The number of esters is 1. The standard InChI is InChI=1S/C19H16N2O5S2/c1-26-18(23)13-8-6-12(7-9-13)16-11-27-19(20-16)21-17(22)14-4-3-5-15(10-14)28(2,24)25/h3-11H,1-2H3,(H,20,21,22). The maximum Gasteiger partial charge on any atom is 0.337 e. The van der Waals surface area contributed by atoms with Gasteiger partial charge in [-0.05, 0) is 30.3 Å². The fourth-order valence-electron chi connectivity index (χ4n) is 2.40. The molecule has 144 valence electrons. The fourth-order valence-corrected chi connectivity index (χ4v) is 3.78. The molecule has 0 aliphatic heterocycles. The van der Waals surface area contributed by atoms with Gasteiger partial charge in [0.25, 0.3) is 5.91 Å². The van der Waals surface area contributed by atoms with Gasteiger partial charge < -0.3 is 4.74 Å². The maximum atomic E-state index is 12.4. The highest BCUT2D eigenvalue weighted by Crippen LogP contribution is 2.26. The monoisotopic (exact) mass is 416 g/mol. The Labute approximate surface area is 165 Å². The Morgan fingerprint density at radius 1 is 1.07 bits per heavy atom. The summed E-state index contributed by atoms with van der Waals surface area (Å²) in [5, 5.41) is 4.82. The second kappa shape index (κ2) is 7.91. The van der Waals surface area contributed by atoms with Crippen LogP contribution in [0, 0.1) is 0 Å². The molecule has 0 bridgehead atoms. The highest BCUT2D eigenvalue weighted by molar-refractivity contribution is 7.90. The number of sulfone groups is 1. The van der Waals surface area contributed by atoms with Crippen LogP contribution in [0.25, 0.3) is 11.3 Å². The van der Waals surface area contributed by atoms with E-state index in [4.69, 9.17) is 0 Å². The maximum absolute atomic E-state index is 12.4. The molecule has 0 saturated heterocycles. The number of hydrogen-bond donors (Lipinski definition) is 1. The summed E-state index contributed by atoms with van der Waals surface area (Å²) in [7, 11) is -2.08. The molecule has 28 heavy (non-hydrogen) atoms. The average Bonchev–Trinajstić information content (AvgIpc) is 3.15. The fraction of sp³-hybridized carbons (Fsp3) is 0.105. The van der Waals surface area contributed by atoms with E-state index in [1.165, 1.54) is 42.7 Å². The lowest BCUT2D eigenvalue weighted by Gasteiger charge is -2.04. The average molecular weight is 416 g/mol. The van der Waals surface area contributed by atoms with Crippen LogP contribution in [-0.4, -0.2) is 38.6 Å². The van der Waals surface area contributed by atoms with Crippen LogP contribution in [0.15, 0.2) is 58.8 Å². The predicted octanol–water partition coefficient (Wildman–Crippen LogP) is 3.25. The van der Waals surface area contributed by atoms with Gasteiger partial charge >= 0.3 is 5.97 Å². The Kier molecular flexibility index (Phi) is 5.57. The number of anilines is 1. The second-order valence-electron chi connectivity index (χ2n) is 5.86. The molecule has 0 aliphatic rings. The first-order valence-corrected chi connectivity index (χ1v) is 10.8. The Balaban J connectivity index is 1.76. The number of benzene rings is 2. The third-order valence-corrected chi connectivity index (χ3v) is 5.72. The van der Waals surface area contributed by atoms with E-state index in [1.54, 1.807) is 29.6 Å². The minimum atomic E-state index is -3.40. The molecule has 1 heterocycles. The molecule has 2 aromatic carbocycles. The highest BCUT2D eigenvalue weighted by atomic mass is 32.2. The quantitative estimate of drug-likeness (QED) is 0.641. The van der Waals surface area contributed by atoms with Crippen LogP contribution in [0.3, 0.4) is 0 Å². The van der Waals surface area contributed by atoms with Crippen molar-refractivity contribution in [2.45, 2.75) is 4.90 Å². The molecular weight excluding hydrogens is 400 g/mol. The zero-order valence-corrected chi connectivity index (χ0v) is 16.6. The summed E-state index contributed by atoms with van der Waals surface area (Å²) >= 11 is 1.24. The van der Waals surface area contributed by atoms with E-state index in [9.17, 15) is 18.0 Å². The largest absolute Gasteiger partial charge is 0.465 e. The molecule has 0 spiro atoms. The third-order valence-electron chi connectivity index (χ3n) is 3.85. The molecule has 3 aromatic rings. The lowest BCUT2D eigenvalue weighted by atomic mass is 10.1. The highest BCUT2D eigenvalue weighted by Gasteiger charge is 2.14. The number of methoxy groups -OCH3 is 1. The van der Waals surface area contributed by atoms with Crippen LogP contribution in [0.4, 0.5) is 5.13 Å². The van der Waals surface area contributed by atoms with E-state index >= 15 is 0 Å². The Morgan fingerprint density at radius 2 is 1.79 bits per heavy atom. The van der Waals surface area contributed by atoms with Gasteiger partial charge in [0.05, 0.1) is 23.3 Å². The molecular formula is C19H16N2O5S2. The van der Waals surface area contributed by atoms with Crippen molar-refractivity contribution < 1.29 is 22.7 Å². The van der Waals surface area contributed by atoms with Crippen molar-refractivity contribution in [1.82, 2.24) is 4.98 Å². The Morgan fingerprint density at radius 3 is 2.43 bits per heavy atom. The number of aromatic nitrogens is 1. The van der Waals surface area contributed by atoms with Crippen LogP contribution in [0.5, 0.6) is 0 Å². The molecule has 0 atom stereocenters. The van der Waals surface area contributed by atoms with Crippen molar-refractivity contribution in [2.75, 3.05) is 18.7 Å². The summed E-state index contributed by atoms with van der Waals surface area (Å²) in [5.74, 6) is -0.874. The van der Waals surface area contributed by atoms with E-state index in [0.29, 0.717) is 16.4 Å². The van der Waals surface area contributed by atoms with Crippen molar-refractivity contribution in [3.8, 4) is 11.3 Å². The van der Waals surface area contributed by atoms with Crippen LogP contribution >= 0.6 is 11.3 Å².